The van der Waals surface area contributed by atoms with Crippen molar-refractivity contribution >= 4 is 10.8 Å². The van der Waals surface area contributed by atoms with E-state index >= 15 is 0 Å². The Balaban J connectivity index is 2.06. The summed E-state index contributed by atoms with van der Waals surface area (Å²) in [6, 6.07) is 10.6. The molecule has 0 fully saturated rings. The van der Waals surface area contributed by atoms with Crippen LogP contribution in [0.5, 0.6) is 11.5 Å². The minimum absolute atomic E-state index is 0.792. The first-order valence-electron chi connectivity index (χ1n) is 10.1. The Labute approximate surface area is 153 Å². The number of benzene rings is 2. The Kier molecular flexibility index (Phi) is 8.65. The number of rotatable bonds is 12. The highest BCUT2D eigenvalue weighted by atomic mass is 16.5. The summed E-state index contributed by atoms with van der Waals surface area (Å²) >= 11 is 0. The number of hydrogen-bond donors (Lipinski definition) is 0. The van der Waals surface area contributed by atoms with Crippen LogP contribution in [-0.2, 0) is 0 Å². The van der Waals surface area contributed by atoms with E-state index in [1.807, 2.05) is 0 Å². The molecular formula is C23H34O2. The molecule has 0 amide bonds. The molecule has 0 radical (unpaired) electrons. The average molecular weight is 343 g/mol. The van der Waals surface area contributed by atoms with Crippen molar-refractivity contribution in [1.82, 2.24) is 0 Å². The fourth-order valence-electron chi connectivity index (χ4n) is 3.14. The predicted octanol–water partition coefficient (Wildman–Crippen LogP) is 7.07. The van der Waals surface area contributed by atoms with Gasteiger partial charge in [0, 0.05) is 10.8 Å². The van der Waals surface area contributed by atoms with Gasteiger partial charge in [-0.25, -0.2) is 0 Å². The normalized spacial score (nSPS) is 11.0. The van der Waals surface area contributed by atoms with Crippen molar-refractivity contribution < 1.29 is 9.47 Å². The molecule has 138 valence electrons. The molecule has 0 heterocycles. The summed E-state index contributed by atoms with van der Waals surface area (Å²) in [6.07, 6.45) is 9.81. The highest BCUT2D eigenvalue weighted by Crippen LogP contribution is 2.35. The minimum Gasteiger partial charge on any atom is -0.493 e. The second kappa shape index (κ2) is 11.0. The van der Waals surface area contributed by atoms with Crippen molar-refractivity contribution in [2.24, 2.45) is 0 Å². The summed E-state index contributed by atoms with van der Waals surface area (Å²) in [5.74, 6) is 2.00. The number of unbranched alkanes of at least 4 members (excludes halogenated alkanes) is 6. The van der Waals surface area contributed by atoms with Crippen LogP contribution in [0.15, 0.2) is 30.3 Å². The summed E-state index contributed by atoms with van der Waals surface area (Å²) in [7, 11) is 0. The quantitative estimate of drug-likeness (QED) is 0.384. The van der Waals surface area contributed by atoms with Gasteiger partial charge in [0.25, 0.3) is 0 Å². The largest absolute Gasteiger partial charge is 0.493 e. The van der Waals surface area contributed by atoms with Crippen molar-refractivity contribution in [3.8, 4) is 11.5 Å². The number of hydrogen-bond acceptors (Lipinski definition) is 2. The third-order valence-electron chi connectivity index (χ3n) is 4.67. The standard InChI is InChI=1S/C23H34O2/c1-4-6-8-10-17-24-22-14-12-13-21-20(22)16-15-19(3)23(21)25-18-11-9-7-5-2/h12-16H,4-11,17-18H2,1-3H3. The van der Waals surface area contributed by atoms with E-state index in [4.69, 9.17) is 9.47 Å². The Morgan fingerprint density at radius 2 is 1.36 bits per heavy atom. The second-order valence-corrected chi connectivity index (χ2v) is 6.88. The van der Waals surface area contributed by atoms with Gasteiger partial charge in [0.15, 0.2) is 0 Å². The highest BCUT2D eigenvalue weighted by Gasteiger charge is 2.10. The van der Waals surface area contributed by atoms with Crippen LogP contribution >= 0.6 is 0 Å². The van der Waals surface area contributed by atoms with E-state index in [1.54, 1.807) is 0 Å². The van der Waals surface area contributed by atoms with Crippen LogP contribution in [-0.4, -0.2) is 13.2 Å². The van der Waals surface area contributed by atoms with Gasteiger partial charge in [0.1, 0.15) is 11.5 Å². The molecule has 0 saturated heterocycles. The number of fused-ring (bicyclic) bond motifs is 1. The lowest BCUT2D eigenvalue weighted by Crippen LogP contribution is -2.01. The lowest BCUT2D eigenvalue weighted by Gasteiger charge is -2.15. The summed E-state index contributed by atoms with van der Waals surface area (Å²) in [4.78, 5) is 0. The van der Waals surface area contributed by atoms with Crippen molar-refractivity contribution in [2.75, 3.05) is 13.2 Å². The molecule has 2 nitrogen and oxygen atoms in total. The summed E-state index contributed by atoms with van der Waals surface area (Å²) in [5, 5.41) is 2.33. The lowest BCUT2D eigenvalue weighted by molar-refractivity contribution is 0.304. The van der Waals surface area contributed by atoms with Crippen molar-refractivity contribution in [2.45, 2.75) is 72.1 Å². The molecular weight excluding hydrogens is 308 g/mol. The highest BCUT2D eigenvalue weighted by molar-refractivity contribution is 5.94. The summed E-state index contributed by atoms with van der Waals surface area (Å²) in [6.45, 7) is 8.18. The van der Waals surface area contributed by atoms with Crippen LogP contribution in [0.1, 0.15) is 70.8 Å². The van der Waals surface area contributed by atoms with E-state index in [2.05, 4.69) is 51.1 Å². The molecule has 0 saturated carbocycles. The molecule has 0 aromatic heterocycles. The van der Waals surface area contributed by atoms with E-state index < -0.39 is 0 Å². The van der Waals surface area contributed by atoms with E-state index in [1.165, 1.54) is 49.5 Å². The van der Waals surface area contributed by atoms with Crippen LogP contribution < -0.4 is 9.47 Å². The van der Waals surface area contributed by atoms with E-state index in [-0.39, 0.29) is 0 Å². The monoisotopic (exact) mass is 342 g/mol. The molecule has 2 aromatic rings. The van der Waals surface area contributed by atoms with Gasteiger partial charge in [-0.1, -0.05) is 76.6 Å². The molecule has 0 aliphatic heterocycles. The molecule has 2 heteroatoms. The first kappa shape index (κ1) is 19.6. The van der Waals surface area contributed by atoms with Crippen LogP contribution in [0, 0.1) is 6.92 Å². The SMILES string of the molecule is CCCCCCOc1cccc2c(OCCCCCC)c(C)ccc12. The molecule has 0 unspecified atom stereocenters. The summed E-state index contributed by atoms with van der Waals surface area (Å²) in [5.41, 5.74) is 1.20. The average Bonchev–Trinajstić information content (AvgIpc) is 2.63. The van der Waals surface area contributed by atoms with Gasteiger partial charge in [0.05, 0.1) is 13.2 Å². The van der Waals surface area contributed by atoms with Gasteiger partial charge < -0.3 is 9.47 Å². The molecule has 25 heavy (non-hydrogen) atoms. The zero-order chi connectivity index (χ0) is 17.9. The van der Waals surface area contributed by atoms with Crippen LogP contribution in [0.4, 0.5) is 0 Å². The van der Waals surface area contributed by atoms with Crippen LogP contribution in [0.2, 0.25) is 0 Å². The van der Waals surface area contributed by atoms with Gasteiger partial charge in [-0.05, 0) is 31.4 Å². The number of aryl methyl sites for hydroxylation is 1. The van der Waals surface area contributed by atoms with Gasteiger partial charge in [-0.15, -0.1) is 0 Å². The smallest absolute Gasteiger partial charge is 0.130 e. The third kappa shape index (κ3) is 5.95. The van der Waals surface area contributed by atoms with E-state index in [0.29, 0.717) is 0 Å². The topological polar surface area (TPSA) is 18.5 Å². The Morgan fingerprint density at radius 3 is 2.04 bits per heavy atom. The molecule has 2 aromatic carbocycles. The third-order valence-corrected chi connectivity index (χ3v) is 4.67. The predicted molar refractivity (Wildman–Crippen MR) is 108 cm³/mol. The number of ether oxygens (including phenoxy) is 2. The van der Waals surface area contributed by atoms with Crippen LogP contribution in [0.3, 0.4) is 0 Å². The maximum atomic E-state index is 6.15. The maximum absolute atomic E-state index is 6.15. The first-order valence-corrected chi connectivity index (χ1v) is 10.1. The Hall–Kier alpha value is -1.70. The van der Waals surface area contributed by atoms with Gasteiger partial charge in [-0.2, -0.15) is 0 Å². The fourth-order valence-corrected chi connectivity index (χ4v) is 3.14. The molecule has 2 rings (SSSR count). The van der Waals surface area contributed by atoms with Crippen LogP contribution in [0.25, 0.3) is 10.8 Å². The molecule has 0 N–H and O–H groups in total. The van der Waals surface area contributed by atoms with Crippen molar-refractivity contribution in [3.63, 3.8) is 0 Å². The van der Waals surface area contributed by atoms with Gasteiger partial charge in [-0.3, -0.25) is 0 Å². The molecule has 0 bridgehead atoms. The lowest BCUT2D eigenvalue weighted by atomic mass is 10.1. The minimum atomic E-state index is 0.792. The maximum Gasteiger partial charge on any atom is 0.130 e. The van der Waals surface area contributed by atoms with E-state index in [9.17, 15) is 0 Å². The Bertz CT molecular complexity index is 633. The van der Waals surface area contributed by atoms with Gasteiger partial charge >= 0.3 is 0 Å². The van der Waals surface area contributed by atoms with Crippen molar-refractivity contribution in [1.29, 1.82) is 0 Å². The van der Waals surface area contributed by atoms with Crippen molar-refractivity contribution in [3.05, 3.63) is 35.9 Å². The molecule has 0 aliphatic carbocycles. The summed E-state index contributed by atoms with van der Waals surface area (Å²) < 4.78 is 12.2. The fraction of sp³-hybridized carbons (Fsp3) is 0.565. The molecule has 0 aliphatic rings. The second-order valence-electron chi connectivity index (χ2n) is 6.88. The molecule has 0 spiro atoms. The first-order chi connectivity index (χ1) is 12.3. The molecule has 0 atom stereocenters. The zero-order valence-corrected chi connectivity index (χ0v) is 16.3. The van der Waals surface area contributed by atoms with Gasteiger partial charge in [0.2, 0.25) is 0 Å². The van der Waals surface area contributed by atoms with E-state index in [0.717, 1.165) is 42.9 Å². The zero-order valence-electron chi connectivity index (χ0n) is 16.3. The Morgan fingerprint density at radius 1 is 0.680 bits per heavy atom.